The quantitative estimate of drug-likeness (QED) is 0.0682. The van der Waals surface area contributed by atoms with Gasteiger partial charge in [0.2, 0.25) is 0 Å². The predicted molar refractivity (Wildman–Crippen MR) is 166 cm³/mol. The number of benzene rings is 2. The van der Waals surface area contributed by atoms with Crippen molar-refractivity contribution in [2.75, 3.05) is 44.6 Å². The zero-order chi connectivity index (χ0) is 30.9. The van der Waals surface area contributed by atoms with Gasteiger partial charge in [0.1, 0.15) is 24.6 Å². The van der Waals surface area contributed by atoms with E-state index in [1.165, 1.54) is 30.0 Å². The van der Waals surface area contributed by atoms with Crippen LogP contribution in [-0.2, 0) is 4.79 Å². The summed E-state index contributed by atoms with van der Waals surface area (Å²) < 4.78 is 5.75. The number of hydrogen-bond acceptors (Lipinski definition) is 10. The van der Waals surface area contributed by atoms with Gasteiger partial charge in [0.25, 0.3) is 11.8 Å². The van der Waals surface area contributed by atoms with Gasteiger partial charge in [-0.05, 0) is 94.8 Å². The van der Waals surface area contributed by atoms with E-state index in [-0.39, 0.29) is 30.5 Å². The molecule has 2 aromatic rings. The summed E-state index contributed by atoms with van der Waals surface area (Å²) in [5.74, 6) is 0.0439. The van der Waals surface area contributed by atoms with E-state index in [0.29, 0.717) is 41.1 Å². The summed E-state index contributed by atoms with van der Waals surface area (Å²) in [7, 11) is 0. The number of aryl methyl sites for hydroxylation is 2. The number of aliphatic hydroxyl groups is 1. The number of carbonyl (C=O) groups is 3. The number of imide groups is 1. The maximum absolute atomic E-state index is 13.1. The van der Waals surface area contributed by atoms with Crippen molar-refractivity contribution in [2.24, 2.45) is 11.5 Å². The van der Waals surface area contributed by atoms with E-state index in [1.807, 2.05) is 32.0 Å². The summed E-state index contributed by atoms with van der Waals surface area (Å²) >= 11 is 0. The van der Waals surface area contributed by atoms with Gasteiger partial charge < -0.3 is 36.8 Å². The molecule has 43 heavy (non-hydrogen) atoms. The number of nitrogens with two attached hydrogens (primary N) is 2. The van der Waals surface area contributed by atoms with E-state index in [9.17, 15) is 19.5 Å². The zero-order valence-corrected chi connectivity index (χ0v) is 24.8. The first-order valence-corrected chi connectivity index (χ1v) is 14.7. The highest BCUT2D eigenvalue weighted by Crippen LogP contribution is 2.27. The minimum Gasteiger partial charge on any atom is -0.491 e. The first-order valence-electron chi connectivity index (χ1n) is 14.7. The third-order valence-corrected chi connectivity index (χ3v) is 7.67. The van der Waals surface area contributed by atoms with Crippen LogP contribution in [0.1, 0.15) is 51.1 Å². The second kappa shape index (κ2) is 14.8. The van der Waals surface area contributed by atoms with Crippen LogP contribution in [0.5, 0.6) is 5.75 Å². The Morgan fingerprint density at radius 3 is 2.51 bits per heavy atom. The van der Waals surface area contributed by atoms with E-state index >= 15 is 0 Å². The molecule has 2 aliphatic heterocycles. The largest absolute Gasteiger partial charge is 0.491 e. The Labute approximate surface area is 252 Å². The maximum atomic E-state index is 13.1. The normalized spacial score (nSPS) is 17.2. The van der Waals surface area contributed by atoms with Crippen LogP contribution in [0.15, 0.2) is 59.9 Å². The van der Waals surface area contributed by atoms with Crippen LogP contribution in [-0.4, -0.2) is 84.6 Å². The van der Waals surface area contributed by atoms with Crippen molar-refractivity contribution in [3.8, 4) is 5.75 Å². The third kappa shape index (κ3) is 8.01. The summed E-state index contributed by atoms with van der Waals surface area (Å²) in [6, 6.07) is 10.6. The van der Waals surface area contributed by atoms with Crippen LogP contribution in [0.3, 0.4) is 0 Å². The first kappa shape index (κ1) is 31.7. The highest BCUT2D eigenvalue weighted by molar-refractivity contribution is 6.21. The SMILES string of the molecule is Cc1ccc(OCC(O)CNC(/C=C\N)=C(/C=O)C(N)Nc2ccc3c(c2)C(=O)N(CCCN2CCCC2)C3=O)c(C)c1. The Balaban J connectivity index is 1.37. The van der Waals surface area contributed by atoms with E-state index in [4.69, 9.17) is 16.2 Å². The minimum atomic E-state index is -0.985. The number of ether oxygens (including phenoxy) is 1. The summed E-state index contributed by atoms with van der Waals surface area (Å²) in [5.41, 5.74) is 15.6. The van der Waals surface area contributed by atoms with Gasteiger partial charge in [-0.2, -0.15) is 0 Å². The number of fused-ring (bicyclic) bond motifs is 1. The van der Waals surface area contributed by atoms with E-state index in [2.05, 4.69) is 15.5 Å². The van der Waals surface area contributed by atoms with Crippen LogP contribution < -0.4 is 26.8 Å². The lowest BCUT2D eigenvalue weighted by Crippen LogP contribution is -2.37. The molecule has 1 saturated heterocycles. The lowest BCUT2D eigenvalue weighted by molar-refractivity contribution is -0.105. The molecule has 0 spiro atoms. The fourth-order valence-corrected chi connectivity index (χ4v) is 5.39. The van der Waals surface area contributed by atoms with Crippen LogP contribution in [0.25, 0.3) is 0 Å². The molecule has 2 amide bonds. The van der Waals surface area contributed by atoms with Crippen molar-refractivity contribution < 1.29 is 24.2 Å². The predicted octanol–water partition coefficient (Wildman–Crippen LogP) is 2.04. The number of likely N-dealkylation sites (tertiary alicyclic amines) is 1. The minimum absolute atomic E-state index is 0.0361. The molecule has 2 aliphatic rings. The Bertz CT molecular complexity index is 1380. The van der Waals surface area contributed by atoms with Crippen molar-refractivity contribution in [3.05, 3.63) is 82.2 Å². The summed E-state index contributed by atoms with van der Waals surface area (Å²) in [5, 5.41) is 16.6. The highest BCUT2D eigenvalue weighted by atomic mass is 16.5. The second-order valence-corrected chi connectivity index (χ2v) is 11.0. The van der Waals surface area contributed by atoms with E-state index in [0.717, 1.165) is 37.2 Å². The Morgan fingerprint density at radius 1 is 1.07 bits per heavy atom. The maximum Gasteiger partial charge on any atom is 0.261 e. The van der Waals surface area contributed by atoms with Crippen molar-refractivity contribution in [1.82, 2.24) is 15.1 Å². The molecule has 0 saturated carbocycles. The summed E-state index contributed by atoms with van der Waals surface area (Å²) in [6.07, 6.45) is 4.57. The number of allylic oxidation sites excluding steroid dienone is 1. The average molecular weight is 591 g/mol. The molecule has 4 rings (SSSR count). The van der Waals surface area contributed by atoms with Gasteiger partial charge in [-0.1, -0.05) is 17.7 Å². The van der Waals surface area contributed by atoms with Gasteiger partial charge in [-0.25, -0.2) is 0 Å². The Hall–Kier alpha value is -4.19. The monoisotopic (exact) mass is 590 g/mol. The number of aliphatic hydroxyl groups excluding tert-OH is 1. The molecule has 7 N–H and O–H groups in total. The molecule has 0 radical (unpaired) electrons. The number of rotatable bonds is 15. The number of carbonyl (C=O) groups excluding carboxylic acids is 3. The highest BCUT2D eigenvalue weighted by Gasteiger charge is 2.35. The molecule has 2 atom stereocenters. The first-order chi connectivity index (χ1) is 20.7. The van der Waals surface area contributed by atoms with Gasteiger partial charge in [0.15, 0.2) is 6.29 Å². The van der Waals surface area contributed by atoms with Crippen LogP contribution in [0.2, 0.25) is 0 Å². The smallest absolute Gasteiger partial charge is 0.261 e. The molecular formula is C32H42N6O5. The summed E-state index contributed by atoms with van der Waals surface area (Å²) in [6.45, 7) is 7.39. The van der Waals surface area contributed by atoms with Gasteiger partial charge in [-0.15, -0.1) is 0 Å². The van der Waals surface area contributed by atoms with Gasteiger partial charge in [-0.3, -0.25) is 19.3 Å². The van der Waals surface area contributed by atoms with Crippen molar-refractivity contribution in [2.45, 2.75) is 45.4 Å². The lowest BCUT2D eigenvalue weighted by atomic mass is 10.1. The number of hydrogen-bond donors (Lipinski definition) is 5. The molecular weight excluding hydrogens is 548 g/mol. The number of nitrogens with zero attached hydrogens (tertiary/aromatic N) is 2. The molecule has 11 heteroatoms. The molecule has 2 aromatic carbocycles. The molecule has 1 fully saturated rings. The zero-order valence-electron chi connectivity index (χ0n) is 24.8. The molecule has 0 bridgehead atoms. The van der Waals surface area contributed by atoms with Crippen LogP contribution in [0, 0.1) is 13.8 Å². The Morgan fingerprint density at radius 2 is 1.81 bits per heavy atom. The summed E-state index contributed by atoms with van der Waals surface area (Å²) in [4.78, 5) is 41.7. The molecule has 2 heterocycles. The number of aldehydes is 1. The fraction of sp³-hybridized carbons (Fsp3) is 0.406. The number of nitrogens with one attached hydrogen (secondary N) is 2. The van der Waals surface area contributed by atoms with Gasteiger partial charge in [0, 0.05) is 24.5 Å². The van der Waals surface area contributed by atoms with E-state index < -0.39 is 12.3 Å². The van der Waals surface area contributed by atoms with E-state index in [1.54, 1.807) is 18.2 Å². The molecule has 0 aliphatic carbocycles. The van der Waals surface area contributed by atoms with Crippen LogP contribution >= 0.6 is 0 Å². The Kier molecular flexibility index (Phi) is 10.9. The fourth-order valence-electron chi connectivity index (χ4n) is 5.39. The second-order valence-electron chi connectivity index (χ2n) is 11.0. The molecule has 11 nitrogen and oxygen atoms in total. The van der Waals surface area contributed by atoms with Crippen molar-refractivity contribution >= 4 is 23.8 Å². The van der Waals surface area contributed by atoms with Gasteiger partial charge >= 0.3 is 0 Å². The molecule has 2 unspecified atom stereocenters. The topological polar surface area (TPSA) is 163 Å². The average Bonchev–Trinajstić information content (AvgIpc) is 3.58. The molecule has 0 aromatic heterocycles. The third-order valence-electron chi connectivity index (χ3n) is 7.67. The number of anilines is 1. The van der Waals surface area contributed by atoms with Crippen molar-refractivity contribution in [1.29, 1.82) is 0 Å². The van der Waals surface area contributed by atoms with Crippen molar-refractivity contribution in [3.63, 3.8) is 0 Å². The number of amides is 2. The van der Waals surface area contributed by atoms with Gasteiger partial charge in [0.05, 0.1) is 16.7 Å². The van der Waals surface area contributed by atoms with Crippen LogP contribution in [0.4, 0.5) is 5.69 Å². The molecule has 230 valence electrons. The lowest BCUT2D eigenvalue weighted by Gasteiger charge is -2.20. The standard InChI is InChI=1S/C32H42N6O5/c1-21-6-9-29(22(2)16-21)43-20-24(40)18-35-28(10-11-33)27(19-39)30(34)36-23-7-8-25-26(17-23)32(42)38(31(25)41)15-5-14-37-12-3-4-13-37/h6-11,16-17,19,24,30,35-36,40H,3-5,12-15,18,20,33-34H2,1-2H3/b11-10-,28-27-.